The molecule has 0 amide bonds. The predicted octanol–water partition coefficient (Wildman–Crippen LogP) is 2.90. The molecule has 0 radical (unpaired) electrons. The zero-order chi connectivity index (χ0) is 22.1. The van der Waals surface area contributed by atoms with Crippen molar-refractivity contribution in [3.8, 4) is 17.3 Å². The summed E-state index contributed by atoms with van der Waals surface area (Å²) in [6.45, 7) is 0. The van der Waals surface area contributed by atoms with E-state index in [4.69, 9.17) is 0 Å². The smallest absolute Gasteiger partial charge is 0.223 e. The van der Waals surface area contributed by atoms with Gasteiger partial charge in [0.15, 0.2) is 11.9 Å². The molecule has 0 unspecified atom stereocenters. The Morgan fingerprint density at radius 2 is 2.16 bits per heavy atom. The molecule has 4 aromatic rings. The minimum atomic E-state index is 0.162. The van der Waals surface area contributed by atoms with Gasteiger partial charge in [0.05, 0.1) is 35.5 Å². The first-order valence-electron chi connectivity index (χ1n) is 10.5. The van der Waals surface area contributed by atoms with Crippen LogP contribution in [-0.4, -0.2) is 46.6 Å². The number of hydrogen-bond donors (Lipinski definition) is 1. The Balaban J connectivity index is 1.40. The molecule has 0 aromatic carbocycles. The molecule has 2 atom stereocenters. The van der Waals surface area contributed by atoms with Crippen LogP contribution < -0.4 is 5.32 Å². The third-order valence-corrected chi connectivity index (χ3v) is 5.97. The Morgan fingerprint density at radius 3 is 3.00 bits per heavy atom. The van der Waals surface area contributed by atoms with Gasteiger partial charge in [0.1, 0.15) is 17.3 Å². The summed E-state index contributed by atoms with van der Waals surface area (Å²) in [6, 6.07) is 6.40. The Labute approximate surface area is 184 Å². The fraction of sp³-hybridized carbons (Fsp3) is 0.318. The Bertz CT molecular complexity index is 1330. The number of aromatic nitrogens is 7. The second-order valence-corrected chi connectivity index (χ2v) is 7.91. The molecule has 1 aliphatic rings. The number of nitrogens with zero attached hydrogens (tertiary/aromatic N) is 8. The Kier molecular flexibility index (Phi) is 5.07. The molecule has 1 saturated carbocycles. The minimum absolute atomic E-state index is 0.162. The van der Waals surface area contributed by atoms with E-state index in [2.05, 4.69) is 41.0 Å². The van der Waals surface area contributed by atoms with Crippen LogP contribution in [0.2, 0.25) is 0 Å². The summed E-state index contributed by atoms with van der Waals surface area (Å²) < 4.78 is 3.62. The molecule has 10 nitrogen and oxygen atoms in total. The number of nitrogens with one attached hydrogen (secondary N) is 1. The van der Waals surface area contributed by atoms with Gasteiger partial charge in [0.25, 0.3) is 0 Å². The molecular formula is C22H21N9O. The minimum Gasteiger partial charge on any atom is -0.351 e. The molecule has 4 aromatic heterocycles. The monoisotopic (exact) mass is 427 g/mol. The number of fused-ring (bicyclic) bond motifs is 1. The number of rotatable bonds is 5. The third kappa shape index (κ3) is 3.47. The average Bonchev–Trinajstić information content (AvgIpc) is 3.42. The van der Waals surface area contributed by atoms with Crippen LogP contribution in [0, 0.1) is 11.3 Å². The van der Waals surface area contributed by atoms with Crippen molar-refractivity contribution in [1.29, 1.82) is 5.26 Å². The summed E-state index contributed by atoms with van der Waals surface area (Å²) in [5.41, 5.74) is 3.37. The van der Waals surface area contributed by atoms with Crippen molar-refractivity contribution in [3.63, 3.8) is 0 Å². The maximum absolute atomic E-state index is 11.5. The van der Waals surface area contributed by atoms with Crippen LogP contribution in [-0.2, 0) is 7.05 Å². The van der Waals surface area contributed by atoms with Crippen LogP contribution in [0.25, 0.3) is 22.4 Å². The predicted molar refractivity (Wildman–Crippen MR) is 117 cm³/mol. The molecule has 5 rings (SSSR count). The van der Waals surface area contributed by atoms with E-state index >= 15 is 0 Å². The van der Waals surface area contributed by atoms with Crippen LogP contribution >= 0.6 is 0 Å². The second kappa shape index (κ2) is 8.19. The topological polar surface area (TPSA) is 127 Å². The summed E-state index contributed by atoms with van der Waals surface area (Å²) >= 11 is 0. The van der Waals surface area contributed by atoms with E-state index in [0.717, 1.165) is 36.8 Å². The normalized spacial score (nSPS) is 18.4. The van der Waals surface area contributed by atoms with Gasteiger partial charge in [-0.25, -0.2) is 19.9 Å². The highest BCUT2D eigenvalue weighted by Gasteiger charge is 2.26. The van der Waals surface area contributed by atoms with E-state index in [1.165, 1.54) is 10.9 Å². The lowest BCUT2D eigenvalue weighted by Gasteiger charge is -2.30. The quantitative estimate of drug-likeness (QED) is 0.482. The lowest BCUT2D eigenvalue weighted by molar-refractivity contribution is 0.111. The first-order chi connectivity index (χ1) is 15.7. The van der Waals surface area contributed by atoms with Gasteiger partial charge >= 0.3 is 0 Å². The van der Waals surface area contributed by atoms with E-state index in [1.807, 2.05) is 18.5 Å². The van der Waals surface area contributed by atoms with E-state index in [-0.39, 0.29) is 12.1 Å². The summed E-state index contributed by atoms with van der Waals surface area (Å²) in [5, 5.41) is 17.1. The fourth-order valence-corrected chi connectivity index (χ4v) is 4.37. The SMILES string of the molecule is Cn1ncc(-c2nc(N[C@@H]3CCC[C@H](n4cnc5cccnc54)C3)ncc2C#N)c1C=O. The van der Waals surface area contributed by atoms with E-state index in [9.17, 15) is 10.1 Å². The highest BCUT2D eigenvalue weighted by atomic mass is 16.1. The number of aryl methyl sites for hydroxylation is 1. The molecule has 0 spiro atoms. The maximum Gasteiger partial charge on any atom is 0.223 e. The molecule has 0 aliphatic heterocycles. The van der Waals surface area contributed by atoms with Gasteiger partial charge in [0.2, 0.25) is 5.95 Å². The van der Waals surface area contributed by atoms with Crippen LogP contribution in [0.15, 0.2) is 37.1 Å². The largest absolute Gasteiger partial charge is 0.351 e. The first-order valence-corrected chi connectivity index (χ1v) is 10.5. The van der Waals surface area contributed by atoms with Gasteiger partial charge in [-0.05, 0) is 37.8 Å². The third-order valence-electron chi connectivity index (χ3n) is 5.97. The number of hydrogen-bond acceptors (Lipinski definition) is 8. The van der Waals surface area contributed by atoms with E-state index < -0.39 is 0 Å². The summed E-state index contributed by atoms with van der Waals surface area (Å²) in [7, 11) is 1.68. The van der Waals surface area contributed by atoms with Gasteiger partial charge in [-0.1, -0.05) is 0 Å². The van der Waals surface area contributed by atoms with Crippen LogP contribution in [0.4, 0.5) is 5.95 Å². The van der Waals surface area contributed by atoms with Gasteiger partial charge in [0, 0.05) is 25.3 Å². The Morgan fingerprint density at radius 1 is 1.25 bits per heavy atom. The van der Waals surface area contributed by atoms with Crippen molar-refractivity contribution < 1.29 is 4.79 Å². The lowest BCUT2D eigenvalue weighted by atomic mass is 9.91. The van der Waals surface area contributed by atoms with Gasteiger partial charge in [-0.15, -0.1) is 0 Å². The first kappa shape index (κ1) is 19.8. The van der Waals surface area contributed by atoms with E-state index in [0.29, 0.717) is 34.7 Å². The Hall–Kier alpha value is -4.13. The molecule has 0 saturated heterocycles. The van der Waals surface area contributed by atoms with Crippen molar-refractivity contribution in [2.24, 2.45) is 7.05 Å². The molecule has 0 bridgehead atoms. The number of anilines is 1. The molecule has 10 heteroatoms. The standard InChI is InChI=1S/C22H21N9O/c1-30-19(12-32)17(11-27-30)20-14(9-23)10-25-22(29-20)28-15-4-2-5-16(8-15)31-13-26-18-6-3-7-24-21(18)31/h3,6-7,10-13,15-16H,2,4-5,8H2,1H3,(H,25,28,29)/t15-,16+/m1/s1. The highest BCUT2D eigenvalue weighted by Crippen LogP contribution is 2.32. The number of aldehydes is 1. The molecule has 160 valence electrons. The van der Waals surface area contributed by atoms with Crippen LogP contribution in [0.3, 0.4) is 0 Å². The molecule has 32 heavy (non-hydrogen) atoms. The molecular weight excluding hydrogens is 406 g/mol. The number of pyridine rings is 1. The average molecular weight is 427 g/mol. The number of carbonyl (C=O) groups excluding carboxylic acids is 1. The zero-order valence-electron chi connectivity index (χ0n) is 17.5. The molecule has 1 fully saturated rings. The fourth-order valence-electron chi connectivity index (χ4n) is 4.37. The second-order valence-electron chi connectivity index (χ2n) is 7.91. The maximum atomic E-state index is 11.5. The number of carbonyl (C=O) groups is 1. The van der Waals surface area contributed by atoms with Gasteiger partial charge in [-0.3, -0.25) is 9.48 Å². The van der Waals surface area contributed by atoms with Crippen molar-refractivity contribution in [2.75, 3.05) is 5.32 Å². The lowest BCUT2D eigenvalue weighted by Crippen LogP contribution is -2.29. The van der Waals surface area contributed by atoms with Crippen molar-refractivity contribution in [3.05, 3.63) is 48.3 Å². The van der Waals surface area contributed by atoms with Gasteiger partial charge < -0.3 is 9.88 Å². The van der Waals surface area contributed by atoms with Crippen molar-refractivity contribution in [2.45, 2.75) is 37.8 Å². The van der Waals surface area contributed by atoms with Crippen LogP contribution in [0.1, 0.15) is 47.8 Å². The van der Waals surface area contributed by atoms with Crippen LogP contribution in [0.5, 0.6) is 0 Å². The molecule has 1 aliphatic carbocycles. The zero-order valence-corrected chi connectivity index (χ0v) is 17.5. The molecule has 1 N–H and O–H groups in total. The van der Waals surface area contributed by atoms with Crippen molar-refractivity contribution >= 4 is 23.4 Å². The van der Waals surface area contributed by atoms with E-state index in [1.54, 1.807) is 19.4 Å². The van der Waals surface area contributed by atoms with Gasteiger partial charge in [-0.2, -0.15) is 10.4 Å². The summed E-state index contributed by atoms with van der Waals surface area (Å²) in [6.07, 6.45) is 11.4. The summed E-state index contributed by atoms with van der Waals surface area (Å²) in [4.78, 5) is 29.4. The number of nitriles is 1. The van der Waals surface area contributed by atoms with Crippen molar-refractivity contribution in [1.82, 2.24) is 34.3 Å². The number of imidazole rings is 1. The molecule has 4 heterocycles. The highest BCUT2D eigenvalue weighted by molar-refractivity contribution is 5.85. The summed E-state index contributed by atoms with van der Waals surface area (Å²) in [5.74, 6) is 0.430.